The fraction of sp³-hybridized carbons (Fsp3) is 0.480. The zero-order chi connectivity index (χ0) is 25.5. The standard InChI is InChI=1S/C25H32N2O7S2/c1-32-21-4-6-22(7-5-21)36(30,31)27(9-11-28)10-12-33-24-15-20(19-8-13-35-17-19)14-23(34-24)25(29)26-16-18-2-3-18/h4-8,13-14,17-18,20,24,28H,2-3,9-12,15-16H2,1H3,(H,26,29). The van der Waals surface area contributed by atoms with Crippen LogP contribution in [0.1, 0.15) is 30.7 Å². The van der Waals surface area contributed by atoms with E-state index in [1.165, 1.54) is 23.5 Å². The van der Waals surface area contributed by atoms with E-state index in [2.05, 4.69) is 5.32 Å². The molecule has 2 heterocycles. The molecule has 1 aliphatic heterocycles. The first-order chi connectivity index (χ1) is 17.4. The number of hydrogen-bond donors (Lipinski definition) is 2. The van der Waals surface area contributed by atoms with Gasteiger partial charge in [0.05, 0.1) is 25.2 Å². The van der Waals surface area contributed by atoms with Gasteiger partial charge in [-0.3, -0.25) is 4.79 Å². The Morgan fingerprint density at radius 3 is 2.64 bits per heavy atom. The van der Waals surface area contributed by atoms with Gasteiger partial charge >= 0.3 is 0 Å². The van der Waals surface area contributed by atoms with Gasteiger partial charge in [0.2, 0.25) is 16.3 Å². The predicted octanol–water partition coefficient (Wildman–Crippen LogP) is 2.70. The van der Waals surface area contributed by atoms with Crippen molar-refractivity contribution in [1.29, 1.82) is 0 Å². The third-order valence-corrected chi connectivity index (χ3v) is 8.81. The van der Waals surface area contributed by atoms with Gasteiger partial charge in [-0.15, -0.1) is 0 Å². The first-order valence-corrected chi connectivity index (χ1v) is 14.3. The van der Waals surface area contributed by atoms with Crippen LogP contribution in [0.2, 0.25) is 0 Å². The summed E-state index contributed by atoms with van der Waals surface area (Å²) in [6.45, 7) is 0.283. The molecule has 196 valence electrons. The fourth-order valence-corrected chi connectivity index (χ4v) is 6.07. The molecule has 0 spiro atoms. The molecule has 2 N–H and O–H groups in total. The van der Waals surface area contributed by atoms with Gasteiger partial charge in [0.1, 0.15) is 5.75 Å². The van der Waals surface area contributed by atoms with Crippen molar-refractivity contribution in [3.63, 3.8) is 0 Å². The molecule has 0 saturated heterocycles. The smallest absolute Gasteiger partial charge is 0.286 e. The summed E-state index contributed by atoms with van der Waals surface area (Å²) in [5.74, 6) is 1.00. The highest BCUT2D eigenvalue weighted by molar-refractivity contribution is 7.89. The van der Waals surface area contributed by atoms with Crippen molar-refractivity contribution in [1.82, 2.24) is 9.62 Å². The molecule has 4 rings (SSSR count). The van der Waals surface area contributed by atoms with E-state index in [0.717, 1.165) is 18.4 Å². The number of rotatable bonds is 13. The molecule has 1 aliphatic carbocycles. The highest BCUT2D eigenvalue weighted by Crippen LogP contribution is 2.33. The summed E-state index contributed by atoms with van der Waals surface area (Å²) in [6.07, 6.45) is 3.89. The molecule has 36 heavy (non-hydrogen) atoms. The number of amides is 1. The van der Waals surface area contributed by atoms with Gasteiger partial charge in [0, 0.05) is 32.0 Å². The second kappa shape index (κ2) is 12.2. The van der Waals surface area contributed by atoms with E-state index in [9.17, 15) is 18.3 Å². The van der Waals surface area contributed by atoms with Gasteiger partial charge in [0.15, 0.2) is 5.76 Å². The maximum atomic E-state index is 13.1. The van der Waals surface area contributed by atoms with Crippen LogP contribution in [-0.2, 0) is 24.3 Å². The summed E-state index contributed by atoms with van der Waals surface area (Å²) >= 11 is 1.58. The third kappa shape index (κ3) is 6.86. The lowest BCUT2D eigenvalue weighted by Gasteiger charge is -2.29. The molecule has 2 atom stereocenters. The quantitative estimate of drug-likeness (QED) is 0.405. The van der Waals surface area contributed by atoms with E-state index in [1.807, 2.05) is 22.9 Å². The number of aliphatic hydroxyl groups is 1. The zero-order valence-corrected chi connectivity index (χ0v) is 21.8. The molecule has 0 bridgehead atoms. The first-order valence-electron chi connectivity index (χ1n) is 12.0. The number of methoxy groups -OCH3 is 1. The van der Waals surface area contributed by atoms with Crippen LogP contribution in [0.5, 0.6) is 5.75 Å². The average molecular weight is 537 g/mol. The summed E-state index contributed by atoms with van der Waals surface area (Å²) in [5.41, 5.74) is 1.08. The molecule has 2 aliphatic rings. The number of aliphatic hydroxyl groups excluding tert-OH is 1. The topological polar surface area (TPSA) is 114 Å². The van der Waals surface area contributed by atoms with Crippen molar-refractivity contribution < 1.29 is 32.5 Å². The van der Waals surface area contributed by atoms with Gasteiger partial charge in [-0.25, -0.2) is 8.42 Å². The van der Waals surface area contributed by atoms with Gasteiger partial charge in [0.25, 0.3) is 5.91 Å². The van der Waals surface area contributed by atoms with E-state index in [1.54, 1.807) is 23.5 Å². The Hall–Kier alpha value is -2.44. The van der Waals surface area contributed by atoms with Gasteiger partial charge in [-0.2, -0.15) is 15.6 Å². The third-order valence-electron chi connectivity index (χ3n) is 6.19. The number of hydrogen-bond acceptors (Lipinski definition) is 8. The first kappa shape index (κ1) is 26.6. The van der Waals surface area contributed by atoms with E-state index < -0.39 is 16.3 Å². The molecule has 1 aromatic heterocycles. The van der Waals surface area contributed by atoms with Crippen molar-refractivity contribution in [2.24, 2.45) is 5.92 Å². The largest absolute Gasteiger partial charge is 0.497 e. The van der Waals surface area contributed by atoms with Crippen LogP contribution in [0.4, 0.5) is 0 Å². The lowest BCUT2D eigenvalue weighted by molar-refractivity contribution is -0.146. The zero-order valence-electron chi connectivity index (χ0n) is 20.2. The van der Waals surface area contributed by atoms with Crippen molar-refractivity contribution in [2.75, 3.05) is 40.0 Å². The average Bonchev–Trinajstić information content (AvgIpc) is 3.56. The molecule has 0 radical (unpaired) electrons. The second-order valence-electron chi connectivity index (χ2n) is 8.80. The molecule has 2 aromatic rings. The number of carbonyl (C=O) groups is 1. The number of allylic oxidation sites excluding steroid dienone is 1. The van der Waals surface area contributed by atoms with E-state index >= 15 is 0 Å². The van der Waals surface area contributed by atoms with E-state index in [0.29, 0.717) is 24.6 Å². The van der Waals surface area contributed by atoms with Crippen LogP contribution < -0.4 is 10.1 Å². The highest BCUT2D eigenvalue weighted by atomic mass is 32.2. The SMILES string of the molecule is COc1ccc(S(=O)(=O)N(CCO)CCOC2CC(c3ccsc3)C=C(C(=O)NCC3CC3)O2)cc1. The molecule has 1 amide bonds. The van der Waals surface area contributed by atoms with Gasteiger partial charge in [-0.05, 0) is 71.5 Å². The summed E-state index contributed by atoms with van der Waals surface area (Å²) < 4.78 is 44.3. The summed E-state index contributed by atoms with van der Waals surface area (Å²) in [4.78, 5) is 12.8. The fourth-order valence-electron chi connectivity index (χ4n) is 3.93. The Bertz CT molecular complexity index is 1130. The van der Waals surface area contributed by atoms with E-state index in [4.69, 9.17) is 14.2 Å². The van der Waals surface area contributed by atoms with Crippen LogP contribution in [0.3, 0.4) is 0 Å². The molecule has 1 aromatic carbocycles. The number of nitrogens with zero attached hydrogens (tertiary/aromatic N) is 1. The van der Waals surface area contributed by atoms with Crippen LogP contribution in [0.25, 0.3) is 0 Å². The Morgan fingerprint density at radius 1 is 1.22 bits per heavy atom. The highest BCUT2D eigenvalue weighted by Gasteiger charge is 2.31. The van der Waals surface area contributed by atoms with Crippen LogP contribution in [0, 0.1) is 5.92 Å². The minimum absolute atomic E-state index is 0.0187. The summed E-state index contributed by atoms with van der Waals surface area (Å²) in [5, 5.41) is 16.4. The number of carbonyl (C=O) groups excluding carboxylic acids is 1. The molecular weight excluding hydrogens is 504 g/mol. The predicted molar refractivity (Wildman–Crippen MR) is 135 cm³/mol. The monoisotopic (exact) mass is 536 g/mol. The minimum atomic E-state index is -3.85. The van der Waals surface area contributed by atoms with Crippen LogP contribution >= 0.6 is 11.3 Å². The lowest BCUT2D eigenvalue weighted by atomic mass is 9.95. The summed E-state index contributed by atoms with van der Waals surface area (Å²) in [6, 6.07) is 8.09. The van der Waals surface area contributed by atoms with Gasteiger partial charge < -0.3 is 24.6 Å². The number of thiophene rings is 1. The van der Waals surface area contributed by atoms with Crippen LogP contribution in [0.15, 0.2) is 57.8 Å². The molecule has 1 fully saturated rings. The van der Waals surface area contributed by atoms with Crippen molar-refractivity contribution in [2.45, 2.75) is 36.4 Å². The maximum Gasteiger partial charge on any atom is 0.286 e. The number of benzene rings is 1. The maximum absolute atomic E-state index is 13.1. The van der Waals surface area contributed by atoms with Crippen LogP contribution in [-0.4, -0.2) is 70.0 Å². The molecule has 11 heteroatoms. The summed E-state index contributed by atoms with van der Waals surface area (Å²) in [7, 11) is -2.34. The Labute approximate surface area is 215 Å². The molecule has 9 nitrogen and oxygen atoms in total. The normalized spacial score (nSPS) is 20.0. The Balaban J connectivity index is 1.39. The molecular formula is C25H32N2O7S2. The molecule has 1 saturated carbocycles. The van der Waals surface area contributed by atoms with Crippen molar-refractivity contribution >= 4 is 27.3 Å². The molecule has 2 unspecified atom stereocenters. The lowest BCUT2D eigenvalue weighted by Crippen LogP contribution is -2.38. The Morgan fingerprint density at radius 2 is 2.00 bits per heavy atom. The van der Waals surface area contributed by atoms with Crippen molar-refractivity contribution in [3.8, 4) is 5.75 Å². The second-order valence-corrected chi connectivity index (χ2v) is 11.5. The Kier molecular flexibility index (Phi) is 9.02. The minimum Gasteiger partial charge on any atom is -0.497 e. The van der Waals surface area contributed by atoms with Gasteiger partial charge in [-0.1, -0.05) is 0 Å². The van der Waals surface area contributed by atoms with Crippen molar-refractivity contribution in [3.05, 3.63) is 58.5 Å². The number of nitrogens with one attached hydrogen (secondary N) is 1. The van der Waals surface area contributed by atoms with E-state index in [-0.39, 0.29) is 48.8 Å². The number of sulfonamides is 1. The number of ether oxygens (including phenoxy) is 3.